The molecule has 16 heteroatoms. The molecule has 2 aliphatic heterocycles. The molecule has 2 saturated heterocycles. The number of amides is 2. The van der Waals surface area contributed by atoms with Gasteiger partial charge in [0, 0.05) is 68.7 Å². The summed E-state index contributed by atoms with van der Waals surface area (Å²) in [6.45, 7) is 16.8. The Hall–Kier alpha value is -1.03. The maximum Gasteiger partial charge on any atom is 0.472 e. The highest BCUT2D eigenvalue weighted by Gasteiger charge is 2.42. The van der Waals surface area contributed by atoms with Crippen LogP contribution in [0, 0.1) is 5.92 Å². The predicted molar refractivity (Wildman–Crippen MR) is 214 cm³/mol. The van der Waals surface area contributed by atoms with Gasteiger partial charge in [-0.05, 0) is 59.9 Å². The average molecular weight is 812 g/mol. The average Bonchev–Trinajstić information content (AvgIpc) is 3.65. The van der Waals surface area contributed by atoms with Crippen molar-refractivity contribution in [2.45, 2.75) is 163 Å². The van der Waals surface area contributed by atoms with Gasteiger partial charge in [-0.2, -0.15) is 0 Å². The van der Waals surface area contributed by atoms with Gasteiger partial charge in [-0.1, -0.05) is 56.7 Å². The van der Waals surface area contributed by atoms with Crippen molar-refractivity contribution in [3.63, 3.8) is 0 Å². The molecule has 5 atom stereocenters. The fourth-order valence-corrected chi connectivity index (χ4v) is 9.15. The van der Waals surface area contributed by atoms with Crippen LogP contribution < -0.4 is 5.32 Å². The zero-order valence-electron chi connectivity index (χ0n) is 32.7. The molecule has 13 nitrogen and oxygen atoms in total. The second-order valence-electron chi connectivity index (χ2n) is 14.9. The summed E-state index contributed by atoms with van der Waals surface area (Å²) in [4.78, 5) is 64.9. The topological polar surface area (TPSA) is 161 Å². The maximum atomic E-state index is 13.3. The van der Waals surface area contributed by atoms with Gasteiger partial charge in [0.2, 0.25) is 11.8 Å². The Labute approximate surface area is 327 Å². The molecule has 0 saturated carbocycles. The molecule has 53 heavy (non-hydrogen) atoms. The largest absolute Gasteiger partial charge is 0.472 e. The minimum absolute atomic E-state index is 0. The lowest BCUT2D eigenvalue weighted by molar-refractivity contribution is -0.135. The van der Waals surface area contributed by atoms with E-state index < -0.39 is 20.0 Å². The van der Waals surface area contributed by atoms with Gasteiger partial charge in [-0.25, -0.2) is 4.57 Å². The highest BCUT2D eigenvalue weighted by molar-refractivity contribution is 8.76. The number of nitrogens with zero attached hydrogens (tertiary/aromatic N) is 2. The van der Waals surface area contributed by atoms with Crippen LogP contribution in [0.15, 0.2) is 0 Å². The number of Topliss-reactive ketones (excluding diaryl/α,β-unsaturated/α-hetero) is 2. The van der Waals surface area contributed by atoms with Crippen molar-refractivity contribution in [2.75, 3.05) is 44.4 Å². The van der Waals surface area contributed by atoms with Crippen LogP contribution in [0.5, 0.6) is 0 Å². The molecular formula is C37H70N3O10PS2. The number of likely N-dealkylation sites (tertiary alicyclic amines) is 2. The van der Waals surface area contributed by atoms with Crippen LogP contribution in [-0.2, 0) is 42.3 Å². The molecule has 2 aliphatic rings. The molecule has 0 aromatic heterocycles. The third-order valence-electron chi connectivity index (χ3n) is 8.77. The van der Waals surface area contributed by atoms with Gasteiger partial charge >= 0.3 is 7.82 Å². The molecule has 0 radical (unpaired) electrons. The summed E-state index contributed by atoms with van der Waals surface area (Å²) >= 11 is 0. The lowest BCUT2D eigenvalue weighted by Gasteiger charge is -2.26. The van der Waals surface area contributed by atoms with Crippen LogP contribution >= 0.6 is 29.4 Å². The lowest BCUT2D eigenvalue weighted by atomic mass is 10.1. The summed E-state index contributed by atoms with van der Waals surface area (Å²) in [5.41, 5.74) is 0. The minimum atomic E-state index is -4.57. The van der Waals surface area contributed by atoms with Crippen molar-refractivity contribution in [3.05, 3.63) is 0 Å². The van der Waals surface area contributed by atoms with E-state index in [1.54, 1.807) is 31.4 Å². The number of ether oxygens (including phenoxy) is 2. The quantitative estimate of drug-likeness (QED) is 0.0530. The predicted octanol–water partition coefficient (Wildman–Crippen LogP) is 6.45. The normalized spacial score (nSPS) is 21.5. The van der Waals surface area contributed by atoms with Crippen molar-refractivity contribution in [1.82, 2.24) is 15.1 Å². The number of rotatable bonds is 27. The second-order valence-corrected chi connectivity index (χ2v) is 19.0. The molecule has 0 bridgehead atoms. The van der Waals surface area contributed by atoms with Crippen LogP contribution in [0.4, 0.5) is 0 Å². The summed E-state index contributed by atoms with van der Waals surface area (Å²) in [6, 6.07) is -0.486. The first-order chi connectivity index (χ1) is 24.5. The molecule has 0 aromatic rings. The zero-order chi connectivity index (χ0) is 38.8. The Bertz CT molecular complexity index is 1160. The van der Waals surface area contributed by atoms with Crippen LogP contribution in [-0.4, -0.2) is 125 Å². The molecule has 0 aromatic carbocycles. The van der Waals surface area contributed by atoms with Gasteiger partial charge in [0.05, 0.1) is 49.7 Å². The van der Waals surface area contributed by atoms with E-state index in [1.165, 1.54) is 0 Å². The van der Waals surface area contributed by atoms with Gasteiger partial charge in [-0.3, -0.25) is 28.2 Å². The smallest absolute Gasteiger partial charge is 0.377 e. The Kier molecular flexibility index (Phi) is 24.5. The van der Waals surface area contributed by atoms with E-state index in [4.69, 9.17) is 18.5 Å². The van der Waals surface area contributed by atoms with Gasteiger partial charge in [0.1, 0.15) is 11.6 Å². The highest BCUT2D eigenvalue weighted by Crippen LogP contribution is 2.47. The van der Waals surface area contributed by atoms with E-state index in [2.05, 4.69) is 5.32 Å². The number of ketones is 2. The van der Waals surface area contributed by atoms with Gasteiger partial charge in [0.25, 0.3) is 0 Å². The molecular weight excluding hydrogens is 742 g/mol. The third-order valence-corrected chi connectivity index (χ3v) is 12.3. The van der Waals surface area contributed by atoms with Crippen molar-refractivity contribution in [1.29, 1.82) is 0 Å². The summed E-state index contributed by atoms with van der Waals surface area (Å²) in [7, 11) is -1.28. The van der Waals surface area contributed by atoms with E-state index in [9.17, 15) is 28.6 Å². The first-order valence-corrected chi connectivity index (χ1v) is 23.0. The SMILES string of the molecule is C.CC(C)NCCCC(=O)CCC(=O)N1C[C@H](OC(C)C)C[C@H]1COP(=O)(O)O[C@@H]1C[C@@H](COC(C)C)N(C(=O)CCCSSCCC(=O)C(C)C)C1. The summed E-state index contributed by atoms with van der Waals surface area (Å²) in [6.07, 6.45) is 2.46. The van der Waals surface area contributed by atoms with Crippen molar-refractivity contribution in [2.24, 2.45) is 5.92 Å². The molecule has 2 N–H and O–H groups in total. The van der Waals surface area contributed by atoms with Crippen LogP contribution in [0.3, 0.4) is 0 Å². The zero-order valence-corrected chi connectivity index (χ0v) is 35.2. The summed E-state index contributed by atoms with van der Waals surface area (Å²) in [5.74, 6) is 1.55. The van der Waals surface area contributed by atoms with Crippen molar-refractivity contribution in [3.8, 4) is 0 Å². The fourth-order valence-electron chi connectivity index (χ4n) is 6.10. The summed E-state index contributed by atoms with van der Waals surface area (Å²) < 4.78 is 36.2. The van der Waals surface area contributed by atoms with E-state index in [-0.39, 0.29) is 93.7 Å². The molecule has 0 aliphatic carbocycles. The third kappa shape index (κ3) is 20.6. The van der Waals surface area contributed by atoms with Gasteiger partial charge in [-0.15, -0.1) is 0 Å². The number of carbonyl (C=O) groups is 4. The highest BCUT2D eigenvalue weighted by atomic mass is 33.1. The van der Waals surface area contributed by atoms with Crippen molar-refractivity contribution < 1.29 is 47.2 Å². The number of carbonyl (C=O) groups excluding carboxylic acids is 4. The molecule has 0 spiro atoms. The van der Waals surface area contributed by atoms with E-state index in [1.807, 2.05) is 55.4 Å². The van der Waals surface area contributed by atoms with Crippen LogP contribution in [0.1, 0.15) is 121 Å². The van der Waals surface area contributed by atoms with E-state index in [0.717, 1.165) is 18.1 Å². The molecule has 310 valence electrons. The minimum Gasteiger partial charge on any atom is -0.377 e. The number of hydrogen-bond acceptors (Lipinski definition) is 12. The van der Waals surface area contributed by atoms with Crippen molar-refractivity contribution >= 4 is 52.8 Å². The second kappa shape index (κ2) is 26.0. The summed E-state index contributed by atoms with van der Waals surface area (Å²) in [5, 5.41) is 3.28. The van der Waals surface area contributed by atoms with E-state index in [0.29, 0.717) is 57.5 Å². The monoisotopic (exact) mass is 811 g/mol. The number of phosphoric ester groups is 1. The Balaban J connectivity index is 0.0000140. The number of hydrogen-bond donors (Lipinski definition) is 2. The molecule has 2 amide bonds. The lowest BCUT2D eigenvalue weighted by Crippen LogP contribution is -2.39. The molecule has 1 unspecified atom stereocenters. The van der Waals surface area contributed by atoms with Crippen LogP contribution in [0.2, 0.25) is 0 Å². The Morgan fingerprint density at radius 1 is 0.774 bits per heavy atom. The van der Waals surface area contributed by atoms with Gasteiger partial charge in [0.15, 0.2) is 0 Å². The Morgan fingerprint density at radius 3 is 2.00 bits per heavy atom. The number of nitrogens with one attached hydrogen (secondary N) is 1. The standard InChI is InChI=1S/C36H66N3O10PS2.CH4/c1-25(2)34(41)15-18-52-51-17-10-12-35(42)39-22-33(20-29(39)23-46-27(5)6)49-50(44,45)47-24-30-19-32(48-28(7)8)21-38(30)36(43)14-13-31(40)11-9-16-37-26(3)4;/h25-30,32-33,37H,9-24H2,1-8H3,(H,44,45);1H4/t29-,30-,32+,33+;/m0./s1. The maximum absolute atomic E-state index is 13.3. The van der Waals surface area contributed by atoms with Gasteiger partial charge < -0.3 is 29.5 Å². The molecule has 2 rings (SSSR count). The number of phosphoric acid groups is 1. The van der Waals surface area contributed by atoms with E-state index >= 15 is 0 Å². The fraction of sp³-hybridized carbons (Fsp3) is 0.892. The molecule has 2 fully saturated rings. The first kappa shape index (κ1) is 50.0. The van der Waals surface area contributed by atoms with Crippen LogP contribution in [0.25, 0.3) is 0 Å². The first-order valence-electron chi connectivity index (χ1n) is 19.0. The molecule has 2 heterocycles. The Morgan fingerprint density at radius 2 is 1.38 bits per heavy atom.